The highest BCUT2D eigenvalue weighted by Gasteiger charge is 2.16. The van der Waals surface area contributed by atoms with E-state index < -0.39 is 41.6 Å². The highest BCUT2D eigenvalue weighted by Crippen LogP contribution is 2.00. The zero-order valence-corrected chi connectivity index (χ0v) is 10.4. The standard InChI is InChI=1S/C9H16N2O6S/c10-6(9(15)16)1-3-18(17)4-2-7(12)11-5-8(13)14/h6H,1-5,10H2,(H,11,12)(H,13,14)(H,15,16). The van der Waals surface area contributed by atoms with Crippen LogP contribution in [-0.2, 0) is 25.6 Å². The average Bonchev–Trinajstić information content (AvgIpc) is 2.30. The molecule has 0 bridgehead atoms. The van der Waals surface area contributed by atoms with E-state index in [4.69, 9.17) is 15.9 Å². The van der Waals surface area contributed by atoms with Gasteiger partial charge < -0.3 is 25.8 Å². The number of nitrogens with two attached hydrogens (primary N) is 1. The molecule has 8 nitrogen and oxygen atoms in total. The zero-order valence-electron chi connectivity index (χ0n) is 9.63. The second-order valence-electron chi connectivity index (χ2n) is 3.50. The predicted molar refractivity (Wildman–Crippen MR) is 63.4 cm³/mol. The van der Waals surface area contributed by atoms with Gasteiger partial charge in [-0.3, -0.25) is 14.4 Å². The van der Waals surface area contributed by atoms with Crippen molar-refractivity contribution in [1.29, 1.82) is 0 Å². The minimum Gasteiger partial charge on any atom is -0.616 e. The molecule has 1 amide bonds. The first-order valence-corrected chi connectivity index (χ1v) is 6.63. The molecule has 0 saturated heterocycles. The van der Waals surface area contributed by atoms with Gasteiger partial charge in [-0.05, 0) is 0 Å². The van der Waals surface area contributed by atoms with Crippen LogP contribution in [0.15, 0.2) is 0 Å². The van der Waals surface area contributed by atoms with Gasteiger partial charge in [-0.25, -0.2) is 0 Å². The Morgan fingerprint density at radius 2 is 1.89 bits per heavy atom. The highest BCUT2D eigenvalue weighted by molar-refractivity contribution is 7.91. The molecule has 0 aliphatic rings. The molecule has 0 fully saturated rings. The summed E-state index contributed by atoms with van der Waals surface area (Å²) >= 11 is -1.34. The van der Waals surface area contributed by atoms with Crippen LogP contribution < -0.4 is 11.1 Å². The Morgan fingerprint density at radius 1 is 1.28 bits per heavy atom. The number of carbonyl (C=O) groups excluding carboxylic acids is 1. The molecule has 9 heteroatoms. The normalized spacial score (nSPS) is 13.7. The molecule has 0 aromatic rings. The van der Waals surface area contributed by atoms with Crippen molar-refractivity contribution in [1.82, 2.24) is 5.32 Å². The number of hydrogen-bond donors (Lipinski definition) is 4. The number of carbonyl (C=O) groups is 3. The summed E-state index contributed by atoms with van der Waals surface area (Å²) in [6.07, 6.45) is 0.000883. The van der Waals surface area contributed by atoms with Crippen molar-refractivity contribution in [3.05, 3.63) is 0 Å². The van der Waals surface area contributed by atoms with Crippen molar-refractivity contribution in [3.63, 3.8) is 0 Å². The van der Waals surface area contributed by atoms with Gasteiger partial charge in [0.2, 0.25) is 5.91 Å². The topological polar surface area (TPSA) is 153 Å². The van der Waals surface area contributed by atoms with Crippen LogP contribution in [0.4, 0.5) is 0 Å². The van der Waals surface area contributed by atoms with Crippen LogP contribution in [0, 0.1) is 0 Å². The summed E-state index contributed by atoms with van der Waals surface area (Å²) in [7, 11) is 0. The van der Waals surface area contributed by atoms with Crippen molar-refractivity contribution in [2.45, 2.75) is 18.9 Å². The number of carboxylic acids is 2. The molecule has 0 radical (unpaired) electrons. The molecule has 2 atom stereocenters. The molecule has 2 unspecified atom stereocenters. The molecule has 0 aliphatic heterocycles. The fraction of sp³-hybridized carbons (Fsp3) is 0.667. The Bertz CT molecular complexity index is 311. The molecular weight excluding hydrogens is 264 g/mol. The average molecular weight is 280 g/mol. The summed E-state index contributed by atoms with van der Waals surface area (Å²) in [5.41, 5.74) is 5.22. The van der Waals surface area contributed by atoms with Crippen LogP contribution in [0.5, 0.6) is 0 Å². The molecule has 104 valence electrons. The van der Waals surface area contributed by atoms with Gasteiger partial charge in [0.15, 0.2) is 0 Å². The number of carboxylic acid groups (broad SMARTS) is 2. The summed E-state index contributed by atoms with van der Waals surface area (Å²) in [6, 6.07) is -1.06. The van der Waals surface area contributed by atoms with E-state index >= 15 is 0 Å². The number of nitrogens with one attached hydrogen (secondary N) is 1. The molecule has 18 heavy (non-hydrogen) atoms. The van der Waals surface area contributed by atoms with Crippen LogP contribution in [0.2, 0.25) is 0 Å². The summed E-state index contributed by atoms with van der Waals surface area (Å²) in [5.74, 6) is -2.67. The van der Waals surface area contributed by atoms with Crippen molar-refractivity contribution in [3.8, 4) is 0 Å². The third-order valence-electron chi connectivity index (χ3n) is 1.97. The Labute approximate surface area is 107 Å². The van der Waals surface area contributed by atoms with Gasteiger partial charge in [-0.15, -0.1) is 0 Å². The third kappa shape index (κ3) is 8.79. The van der Waals surface area contributed by atoms with Crippen molar-refractivity contribution >= 4 is 29.0 Å². The van der Waals surface area contributed by atoms with Gasteiger partial charge in [-0.1, -0.05) is 11.2 Å². The van der Waals surface area contributed by atoms with Crippen LogP contribution in [-0.4, -0.2) is 56.7 Å². The second kappa shape index (κ2) is 8.72. The molecule has 0 heterocycles. The number of amides is 1. The highest BCUT2D eigenvalue weighted by atomic mass is 32.2. The van der Waals surface area contributed by atoms with E-state index in [1.165, 1.54) is 0 Å². The Balaban J connectivity index is 3.69. The van der Waals surface area contributed by atoms with E-state index in [2.05, 4.69) is 5.32 Å². The summed E-state index contributed by atoms with van der Waals surface area (Å²) < 4.78 is 11.4. The fourth-order valence-electron chi connectivity index (χ4n) is 0.953. The number of hydrogen-bond acceptors (Lipinski definition) is 5. The van der Waals surface area contributed by atoms with E-state index in [9.17, 15) is 18.9 Å². The zero-order chi connectivity index (χ0) is 14.1. The van der Waals surface area contributed by atoms with E-state index in [0.717, 1.165) is 0 Å². The number of rotatable bonds is 9. The van der Waals surface area contributed by atoms with Crippen LogP contribution in [0.25, 0.3) is 0 Å². The van der Waals surface area contributed by atoms with Crippen LogP contribution in [0.3, 0.4) is 0 Å². The molecule has 0 aromatic heterocycles. The Morgan fingerprint density at radius 3 is 2.39 bits per heavy atom. The van der Waals surface area contributed by atoms with Gasteiger partial charge in [0.05, 0.1) is 6.42 Å². The van der Waals surface area contributed by atoms with Gasteiger partial charge in [0.1, 0.15) is 24.1 Å². The first kappa shape index (κ1) is 16.7. The molecule has 5 N–H and O–H groups in total. The summed E-state index contributed by atoms with van der Waals surface area (Å²) in [5, 5.41) is 18.9. The van der Waals surface area contributed by atoms with Gasteiger partial charge in [0, 0.05) is 6.42 Å². The lowest BCUT2D eigenvalue weighted by atomic mass is 10.2. The predicted octanol–water partition coefficient (Wildman–Crippen LogP) is -1.87. The quantitative estimate of drug-likeness (QED) is 0.361. The summed E-state index contributed by atoms with van der Waals surface area (Å²) in [6.45, 7) is -0.477. The van der Waals surface area contributed by atoms with Crippen molar-refractivity contribution in [2.75, 3.05) is 18.1 Å². The first-order valence-electron chi connectivity index (χ1n) is 5.14. The summed E-state index contributed by atoms with van der Waals surface area (Å²) in [4.78, 5) is 31.6. The maximum absolute atomic E-state index is 11.4. The van der Waals surface area contributed by atoms with Crippen LogP contribution in [0.1, 0.15) is 12.8 Å². The van der Waals surface area contributed by atoms with Crippen molar-refractivity contribution < 1.29 is 29.1 Å². The fourth-order valence-corrected chi connectivity index (χ4v) is 2.09. The maximum Gasteiger partial charge on any atom is 0.322 e. The Kier molecular flexibility index (Phi) is 8.08. The number of aliphatic carboxylic acids is 2. The third-order valence-corrected chi connectivity index (χ3v) is 3.32. The molecule has 0 saturated carbocycles. The smallest absolute Gasteiger partial charge is 0.322 e. The minimum absolute atomic E-state index is 0.0534. The maximum atomic E-state index is 11.4. The van der Waals surface area contributed by atoms with Gasteiger partial charge in [-0.2, -0.15) is 0 Å². The molecule has 0 rings (SSSR count). The van der Waals surface area contributed by atoms with Gasteiger partial charge >= 0.3 is 11.9 Å². The Hall–Kier alpha value is -1.32. The van der Waals surface area contributed by atoms with Crippen molar-refractivity contribution in [2.24, 2.45) is 5.73 Å². The monoisotopic (exact) mass is 280 g/mol. The molecule has 0 spiro atoms. The molecule has 0 aliphatic carbocycles. The minimum atomic E-state index is -1.34. The van der Waals surface area contributed by atoms with E-state index in [1.807, 2.05) is 0 Å². The van der Waals surface area contributed by atoms with E-state index in [1.54, 1.807) is 0 Å². The lowest BCUT2D eigenvalue weighted by Gasteiger charge is -2.12. The first-order chi connectivity index (χ1) is 8.32. The van der Waals surface area contributed by atoms with E-state index in [-0.39, 0.29) is 24.3 Å². The van der Waals surface area contributed by atoms with Gasteiger partial charge in [0.25, 0.3) is 0 Å². The SMILES string of the molecule is NC(CC[S+]([O-])CCC(=O)NCC(=O)O)C(=O)O. The lowest BCUT2D eigenvalue weighted by Crippen LogP contribution is -2.33. The molecular formula is C9H16N2O6S. The largest absolute Gasteiger partial charge is 0.616 e. The van der Waals surface area contributed by atoms with E-state index in [0.29, 0.717) is 0 Å². The molecule has 0 aromatic carbocycles. The lowest BCUT2D eigenvalue weighted by molar-refractivity contribution is -0.138. The van der Waals surface area contributed by atoms with Crippen LogP contribution >= 0.6 is 0 Å². The second-order valence-corrected chi connectivity index (χ2v) is 5.20.